The van der Waals surface area contributed by atoms with E-state index in [2.05, 4.69) is 21.1 Å². The van der Waals surface area contributed by atoms with Crippen LogP contribution in [0.1, 0.15) is 22.8 Å². The lowest BCUT2D eigenvalue weighted by atomic mass is 10.1. The molecule has 88 valence electrons. The first-order valence-corrected chi connectivity index (χ1v) is 5.49. The first kappa shape index (κ1) is 12.7. The van der Waals surface area contributed by atoms with E-state index in [1.54, 1.807) is 0 Å². The summed E-state index contributed by atoms with van der Waals surface area (Å²) in [6, 6.07) is 7.61. The highest BCUT2D eigenvalue weighted by atomic mass is 16.5. The lowest BCUT2D eigenvalue weighted by Gasteiger charge is -2.23. The molecule has 0 unspecified atom stereocenters. The standard InChI is InChI=1S/C13H20NO2/c1-5-16-13(15)12-8-6-11(7-9-12)10-14(2,3)4/h6-9H,5,10H2,1-4H3/q+1. The van der Waals surface area contributed by atoms with Crippen LogP contribution in [0, 0.1) is 0 Å². The number of nitrogens with zero attached hydrogens (tertiary/aromatic N) is 1. The molecule has 0 radical (unpaired) electrons. The molecule has 0 atom stereocenters. The lowest BCUT2D eigenvalue weighted by Crippen LogP contribution is -2.33. The Morgan fingerprint density at radius 1 is 1.19 bits per heavy atom. The van der Waals surface area contributed by atoms with Crippen LogP contribution in [0.4, 0.5) is 0 Å². The fourth-order valence-corrected chi connectivity index (χ4v) is 1.51. The van der Waals surface area contributed by atoms with Gasteiger partial charge in [0.05, 0.1) is 33.3 Å². The SMILES string of the molecule is CCOC(=O)c1ccc(C[N+](C)(C)C)cc1. The average Bonchev–Trinajstić information content (AvgIpc) is 2.16. The van der Waals surface area contributed by atoms with Crippen LogP contribution in [0.25, 0.3) is 0 Å². The molecule has 16 heavy (non-hydrogen) atoms. The van der Waals surface area contributed by atoms with E-state index in [4.69, 9.17) is 4.74 Å². The molecule has 3 nitrogen and oxygen atoms in total. The van der Waals surface area contributed by atoms with Crippen LogP contribution in [0.15, 0.2) is 24.3 Å². The Morgan fingerprint density at radius 2 is 1.75 bits per heavy atom. The zero-order chi connectivity index (χ0) is 12.2. The molecule has 1 rings (SSSR count). The summed E-state index contributed by atoms with van der Waals surface area (Å²) in [7, 11) is 6.41. The van der Waals surface area contributed by atoms with Gasteiger partial charge in [0.1, 0.15) is 6.54 Å². The van der Waals surface area contributed by atoms with Crippen molar-refractivity contribution >= 4 is 5.97 Å². The molecular formula is C13H20NO2+. The van der Waals surface area contributed by atoms with Crippen molar-refractivity contribution < 1.29 is 14.0 Å². The molecule has 0 saturated heterocycles. The zero-order valence-electron chi connectivity index (χ0n) is 10.5. The van der Waals surface area contributed by atoms with E-state index in [1.165, 1.54) is 5.56 Å². The third-order valence-corrected chi connectivity index (χ3v) is 2.12. The Kier molecular flexibility index (Phi) is 4.07. The average molecular weight is 222 g/mol. The van der Waals surface area contributed by atoms with Crippen molar-refractivity contribution in [2.24, 2.45) is 0 Å². The molecule has 0 spiro atoms. The number of benzene rings is 1. The fourth-order valence-electron chi connectivity index (χ4n) is 1.51. The van der Waals surface area contributed by atoms with E-state index < -0.39 is 0 Å². The van der Waals surface area contributed by atoms with Crippen molar-refractivity contribution in [2.45, 2.75) is 13.5 Å². The van der Waals surface area contributed by atoms with Gasteiger partial charge in [-0.1, -0.05) is 12.1 Å². The van der Waals surface area contributed by atoms with Crippen LogP contribution in [0.2, 0.25) is 0 Å². The van der Waals surface area contributed by atoms with Gasteiger partial charge in [-0.25, -0.2) is 4.79 Å². The van der Waals surface area contributed by atoms with Crippen LogP contribution in [0.3, 0.4) is 0 Å². The Labute approximate surface area is 97.2 Å². The molecular weight excluding hydrogens is 202 g/mol. The summed E-state index contributed by atoms with van der Waals surface area (Å²) in [6.45, 7) is 3.17. The van der Waals surface area contributed by atoms with Crippen molar-refractivity contribution in [3.05, 3.63) is 35.4 Å². The van der Waals surface area contributed by atoms with Gasteiger partial charge in [0, 0.05) is 5.56 Å². The van der Waals surface area contributed by atoms with Crippen LogP contribution in [-0.4, -0.2) is 38.2 Å². The number of esters is 1. The molecule has 1 aromatic rings. The summed E-state index contributed by atoms with van der Waals surface area (Å²) in [6.07, 6.45) is 0. The molecule has 0 aliphatic carbocycles. The van der Waals surface area contributed by atoms with Gasteiger partial charge in [0.25, 0.3) is 0 Å². The molecule has 0 aromatic heterocycles. The summed E-state index contributed by atoms with van der Waals surface area (Å²) >= 11 is 0. The molecule has 0 saturated carbocycles. The van der Waals surface area contributed by atoms with Gasteiger partial charge in [-0.2, -0.15) is 0 Å². The Hall–Kier alpha value is -1.35. The maximum absolute atomic E-state index is 11.4. The Bertz CT molecular complexity index is 349. The molecule has 0 aliphatic rings. The maximum atomic E-state index is 11.4. The molecule has 0 amide bonds. The zero-order valence-corrected chi connectivity index (χ0v) is 10.5. The predicted molar refractivity (Wildman–Crippen MR) is 64.1 cm³/mol. The Balaban J connectivity index is 2.72. The number of carbonyl (C=O) groups is 1. The van der Waals surface area contributed by atoms with Crippen LogP contribution in [0.5, 0.6) is 0 Å². The van der Waals surface area contributed by atoms with Crippen molar-refractivity contribution in [3.63, 3.8) is 0 Å². The van der Waals surface area contributed by atoms with Crippen molar-refractivity contribution in [1.82, 2.24) is 0 Å². The van der Waals surface area contributed by atoms with E-state index in [9.17, 15) is 4.79 Å². The highest BCUT2D eigenvalue weighted by Crippen LogP contribution is 2.09. The Morgan fingerprint density at radius 3 is 2.19 bits per heavy atom. The second kappa shape index (κ2) is 5.12. The number of carbonyl (C=O) groups excluding carboxylic acids is 1. The third-order valence-electron chi connectivity index (χ3n) is 2.12. The summed E-state index contributed by atoms with van der Waals surface area (Å²) in [5, 5.41) is 0. The van der Waals surface area contributed by atoms with Gasteiger partial charge < -0.3 is 9.22 Å². The second-order valence-corrected chi connectivity index (χ2v) is 4.87. The first-order chi connectivity index (χ1) is 7.42. The molecule has 0 bridgehead atoms. The van der Waals surface area contributed by atoms with Crippen LogP contribution >= 0.6 is 0 Å². The van der Waals surface area contributed by atoms with Gasteiger partial charge in [-0.3, -0.25) is 0 Å². The summed E-state index contributed by atoms with van der Waals surface area (Å²) in [5.74, 6) is -0.251. The largest absolute Gasteiger partial charge is 0.462 e. The molecule has 1 aromatic carbocycles. The quantitative estimate of drug-likeness (QED) is 0.576. The van der Waals surface area contributed by atoms with Crippen LogP contribution in [-0.2, 0) is 11.3 Å². The molecule has 0 heterocycles. The minimum atomic E-state index is -0.251. The smallest absolute Gasteiger partial charge is 0.338 e. The van der Waals surface area contributed by atoms with Crippen molar-refractivity contribution in [1.29, 1.82) is 0 Å². The highest BCUT2D eigenvalue weighted by Gasteiger charge is 2.10. The molecule has 0 aliphatic heterocycles. The van der Waals surface area contributed by atoms with E-state index in [-0.39, 0.29) is 5.97 Å². The first-order valence-electron chi connectivity index (χ1n) is 5.49. The minimum absolute atomic E-state index is 0.251. The molecule has 0 fully saturated rings. The van der Waals surface area contributed by atoms with E-state index >= 15 is 0 Å². The predicted octanol–water partition coefficient (Wildman–Crippen LogP) is 2.07. The van der Waals surface area contributed by atoms with Crippen molar-refractivity contribution in [3.8, 4) is 0 Å². The van der Waals surface area contributed by atoms with Crippen molar-refractivity contribution in [2.75, 3.05) is 27.7 Å². The number of hydrogen-bond donors (Lipinski definition) is 0. The van der Waals surface area contributed by atoms with E-state index in [0.29, 0.717) is 12.2 Å². The number of quaternary nitrogens is 1. The lowest BCUT2D eigenvalue weighted by molar-refractivity contribution is -0.884. The normalized spacial score (nSPS) is 11.2. The monoisotopic (exact) mass is 222 g/mol. The molecule has 0 N–H and O–H groups in total. The fraction of sp³-hybridized carbons (Fsp3) is 0.462. The van der Waals surface area contributed by atoms with E-state index in [0.717, 1.165) is 11.0 Å². The maximum Gasteiger partial charge on any atom is 0.338 e. The third kappa shape index (κ3) is 4.03. The van der Waals surface area contributed by atoms with Gasteiger partial charge in [-0.05, 0) is 19.1 Å². The van der Waals surface area contributed by atoms with Gasteiger partial charge >= 0.3 is 5.97 Å². The highest BCUT2D eigenvalue weighted by molar-refractivity contribution is 5.89. The minimum Gasteiger partial charge on any atom is -0.462 e. The number of hydrogen-bond acceptors (Lipinski definition) is 2. The van der Waals surface area contributed by atoms with Gasteiger partial charge in [0.15, 0.2) is 0 Å². The van der Waals surface area contributed by atoms with Crippen LogP contribution < -0.4 is 0 Å². The summed E-state index contributed by atoms with van der Waals surface area (Å²) < 4.78 is 5.80. The summed E-state index contributed by atoms with van der Waals surface area (Å²) in [4.78, 5) is 11.4. The number of ether oxygens (including phenoxy) is 1. The number of rotatable bonds is 4. The van der Waals surface area contributed by atoms with Gasteiger partial charge in [-0.15, -0.1) is 0 Å². The molecule has 3 heteroatoms. The van der Waals surface area contributed by atoms with Gasteiger partial charge in [0.2, 0.25) is 0 Å². The second-order valence-electron chi connectivity index (χ2n) is 4.87. The summed E-state index contributed by atoms with van der Waals surface area (Å²) in [5.41, 5.74) is 1.84. The van der Waals surface area contributed by atoms with E-state index in [1.807, 2.05) is 31.2 Å². The topological polar surface area (TPSA) is 26.3 Å².